The zero-order chi connectivity index (χ0) is 16.1. The van der Waals surface area contributed by atoms with E-state index in [1.165, 1.54) is 12.1 Å². The Hall–Kier alpha value is -1.88. The molecule has 0 aromatic heterocycles. The molecule has 7 heteroatoms. The quantitative estimate of drug-likeness (QED) is 0.655. The van der Waals surface area contributed by atoms with Crippen molar-refractivity contribution in [2.75, 3.05) is 13.2 Å². The maximum atomic E-state index is 12.2. The second kappa shape index (κ2) is 6.72. The SMILES string of the molecule is CC(C)(CNS(=O)(=O)c1cccc(C#CCO)c1)C(N)=O. The fourth-order valence-corrected chi connectivity index (χ4v) is 2.59. The van der Waals surface area contributed by atoms with E-state index >= 15 is 0 Å². The molecule has 0 spiro atoms. The highest BCUT2D eigenvalue weighted by atomic mass is 32.2. The van der Waals surface area contributed by atoms with E-state index in [-0.39, 0.29) is 18.0 Å². The van der Waals surface area contributed by atoms with Gasteiger partial charge in [0, 0.05) is 12.1 Å². The van der Waals surface area contributed by atoms with Crippen LogP contribution >= 0.6 is 0 Å². The minimum Gasteiger partial charge on any atom is -0.384 e. The van der Waals surface area contributed by atoms with Crippen molar-refractivity contribution in [1.82, 2.24) is 4.72 Å². The Balaban J connectivity index is 2.96. The lowest BCUT2D eigenvalue weighted by atomic mass is 9.93. The summed E-state index contributed by atoms with van der Waals surface area (Å²) in [4.78, 5) is 11.2. The number of hydrogen-bond acceptors (Lipinski definition) is 4. The van der Waals surface area contributed by atoms with Crippen molar-refractivity contribution in [2.24, 2.45) is 11.1 Å². The maximum absolute atomic E-state index is 12.2. The molecule has 0 unspecified atom stereocenters. The van der Waals surface area contributed by atoms with Crippen LogP contribution in [0.2, 0.25) is 0 Å². The second-order valence-corrected chi connectivity index (χ2v) is 6.83. The molecule has 0 aliphatic carbocycles. The van der Waals surface area contributed by atoms with Crippen LogP contribution < -0.4 is 10.5 Å². The third-order valence-electron chi connectivity index (χ3n) is 2.83. The first-order valence-corrected chi connectivity index (χ1v) is 7.67. The Labute approximate surface area is 124 Å². The number of primary amides is 1. The van der Waals surface area contributed by atoms with Crippen LogP contribution in [0.4, 0.5) is 0 Å². The van der Waals surface area contributed by atoms with Gasteiger partial charge in [-0.15, -0.1) is 0 Å². The first-order valence-electron chi connectivity index (χ1n) is 6.18. The lowest BCUT2D eigenvalue weighted by Crippen LogP contribution is -2.42. The van der Waals surface area contributed by atoms with E-state index < -0.39 is 21.3 Å². The molecule has 1 amide bonds. The van der Waals surface area contributed by atoms with E-state index in [0.717, 1.165) is 0 Å². The standard InChI is InChI=1S/C14H18N2O4S/c1-14(2,13(15)18)10-16-21(19,20)12-7-3-5-11(9-12)6-4-8-17/h3,5,7,9,16-17H,8,10H2,1-2H3,(H2,15,18). The predicted octanol–water partition coefficient (Wildman–Crippen LogP) is -0.180. The van der Waals surface area contributed by atoms with Gasteiger partial charge in [-0.3, -0.25) is 4.79 Å². The lowest BCUT2D eigenvalue weighted by Gasteiger charge is -2.20. The first-order chi connectivity index (χ1) is 9.69. The Kier molecular flexibility index (Phi) is 5.49. The Bertz CT molecular complexity index is 684. The highest BCUT2D eigenvalue weighted by molar-refractivity contribution is 7.89. The average molecular weight is 310 g/mol. The summed E-state index contributed by atoms with van der Waals surface area (Å²) in [6.45, 7) is 2.71. The number of carbonyl (C=O) groups excluding carboxylic acids is 1. The normalized spacial score (nSPS) is 11.6. The van der Waals surface area contributed by atoms with Gasteiger partial charge in [-0.25, -0.2) is 13.1 Å². The molecule has 0 bridgehead atoms. The van der Waals surface area contributed by atoms with Crippen LogP contribution in [0.1, 0.15) is 19.4 Å². The van der Waals surface area contributed by atoms with E-state index in [0.29, 0.717) is 5.56 Å². The molecule has 0 saturated carbocycles. The van der Waals surface area contributed by atoms with Gasteiger partial charge in [0.15, 0.2) is 0 Å². The van der Waals surface area contributed by atoms with Gasteiger partial charge in [0.05, 0.1) is 10.3 Å². The number of aliphatic hydroxyl groups is 1. The largest absolute Gasteiger partial charge is 0.384 e. The van der Waals surface area contributed by atoms with E-state index in [4.69, 9.17) is 10.8 Å². The molecule has 0 radical (unpaired) electrons. The van der Waals surface area contributed by atoms with Gasteiger partial charge in [0.25, 0.3) is 0 Å². The van der Waals surface area contributed by atoms with Crippen LogP contribution in [-0.2, 0) is 14.8 Å². The summed E-state index contributed by atoms with van der Waals surface area (Å²) in [6, 6.07) is 6.00. The van der Waals surface area contributed by atoms with Crippen LogP contribution in [-0.4, -0.2) is 32.6 Å². The molecule has 0 saturated heterocycles. The van der Waals surface area contributed by atoms with E-state index in [2.05, 4.69) is 16.6 Å². The van der Waals surface area contributed by atoms with Crippen LogP contribution in [0.25, 0.3) is 0 Å². The summed E-state index contributed by atoms with van der Waals surface area (Å²) >= 11 is 0. The molecule has 1 aromatic carbocycles. The molecule has 1 rings (SSSR count). The number of carbonyl (C=O) groups is 1. The van der Waals surface area contributed by atoms with E-state index in [1.807, 2.05) is 0 Å². The molecule has 6 nitrogen and oxygen atoms in total. The Morgan fingerprint density at radius 2 is 2.10 bits per heavy atom. The molecule has 0 fully saturated rings. The molecular weight excluding hydrogens is 292 g/mol. The summed E-state index contributed by atoms with van der Waals surface area (Å²) in [5.41, 5.74) is 4.69. The van der Waals surface area contributed by atoms with Crippen LogP contribution in [0, 0.1) is 17.3 Å². The first kappa shape index (κ1) is 17.2. The molecule has 0 aliphatic heterocycles. The molecule has 0 atom stereocenters. The Morgan fingerprint density at radius 3 is 2.67 bits per heavy atom. The number of amides is 1. The number of aliphatic hydroxyl groups excluding tert-OH is 1. The number of sulfonamides is 1. The zero-order valence-electron chi connectivity index (χ0n) is 11.9. The summed E-state index contributed by atoms with van der Waals surface area (Å²) in [5.74, 6) is 4.48. The molecule has 0 heterocycles. The highest BCUT2D eigenvalue weighted by Crippen LogP contribution is 2.15. The minimum atomic E-state index is -3.76. The minimum absolute atomic E-state index is 0.0347. The summed E-state index contributed by atoms with van der Waals surface area (Å²) < 4.78 is 26.7. The van der Waals surface area contributed by atoms with Crippen LogP contribution in [0.3, 0.4) is 0 Å². The summed E-state index contributed by atoms with van der Waals surface area (Å²) in [6.07, 6.45) is 0. The van der Waals surface area contributed by atoms with Gasteiger partial charge < -0.3 is 10.8 Å². The van der Waals surface area contributed by atoms with Gasteiger partial charge in [0.1, 0.15) is 6.61 Å². The number of nitrogens with one attached hydrogen (secondary N) is 1. The number of rotatable bonds is 5. The van der Waals surface area contributed by atoms with Gasteiger partial charge in [-0.1, -0.05) is 17.9 Å². The second-order valence-electron chi connectivity index (χ2n) is 5.06. The fraction of sp³-hybridized carbons (Fsp3) is 0.357. The highest BCUT2D eigenvalue weighted by Gasteiger charge is 2.27. The third kappa shape index (κ3) is 4.86. The molecule has 4 N–H and O–H groups in total. The average Bonchev–Trinajstić information content (AvgIpc) is 2.43. The predicted molar refractivity (Wildman–Crippen MR) is 78.6 cm³/mol. The lowest BCUT2D eigenvalue weighted by molar-refractivity contribution is -0.125. The topological polar surface area (TPSA) is 109 Å². The molecule has 21 heavy (non-hydrogen) atoms. The van der Waals surface area contributed by atoms with Crippen molar-refractivity contribution in [3.8, 4) is 11.8 Å². The van der Waals surface area contributed by atoms with Gasteiger partial charge in [0.2, 0.25) is 15.9 Å². The van der Waals surface area contributed by atoms with Gasteiger partial charge in [-0.05, 0) is 32.0 Å². The fourth-order valence-electron chi connectivity index (χ4n) is 1.33. The van der Waals surface area contributed by atoms with E-state index in [1.54, 1.807) is 26.0 Å². The molecular formula is C14H18N2O4S. The Morgan fingerprint density at radius 1 is 1.43 bits per heavy atom. The van der Waals surface area contributed by atoms with Crippen LogP contribution in [0.5, 0.6) is 0 Å². The molecule has 0 aliphatic rings. The van der Waals surface area contributed by atoms with Crippen molar-refractivity contribution in [3.63, 3.8) is 0 Å². The maximum Gasteiger partial charge on any atom is 0.240 e. The smallest absolute Gasteiger partial charge is 0.240 e. The number of nitrogens with two attached hydrogens (primary N) is 1. The van der Waals surface area contributed by atoms with Crippen LogP contribution in [0.15, 0.2) is 29.2 Å². The van der Waals surface area contributed by atoms with Crippen molar-refractivity contribution in [3.05, 3.63) is 29.8 Å². The van der Waals surface area contributed by atoms with Gasteiger partial charge >= 0.3 is 0 Å². The van der Waals surface area contributed by atoms with Crippen molar-refractivity contribution in [1.29, 1.82) is 0 Å². The summed E-state index contributed by atoms with van der Waals surface area (Å²) in [7, 11) is -3.76. The third-order valence-corrected chi connectivity index (χ3v) is 4.23. The monoisotopic (exact) mass is 310 g/mol. The zero-order valence-corrected chi connectivity index (χ0v) is 12.7. The van der Waals surface area contributed by atoms with Gasteiger partial charge in [-0.2, -0.15) is 0 Å². The summed E-state index contributed by atoms with van der Waals surface area (Å²) in [5, 5.41) is 8.63. The molecule has 1 aromatic rings. The number of hydrogen-bond donors (Lipinski definition) is 3. The van der Waals surface area contributed by atoms with E-state index in [9.17, 15) is 13.2 Å². The number of benzene rings is 1. The molecule has 114 valence electrons. The van der Waals surface area contributed by atoms with Crippen molar-refractivity contribution in [2.45, 2.75) is 18.7 Å². The van der Waals surface area contributed by atoms with Crippen molar-refractivity contribution < 1.29 is 18.3 Å². The van der Waals surface area contributed by atoms with Crippen molar-refractivity contribution >= 4 is 15.9 Å².